The molecule has 1 rings (SSSR count). The van der Waals surface area contributed by atoms with E-state index in [0.29, 0.717) is 5.76 Å². The van der Waals surface area contributed by atoms with E-state index in [2.05, 4.69) is 4.90 Å². The zero-order valence-electron chi connectivity index (χ0n) is 6.68. The molecule has 0 atom stereocenters. The van der Waals surface area contributed by atoms with E-state index in [4.69, 9.17) is 0 Å². The van der Waals surface area contributed by atoms with Gasteiger partial charge in [0, 0.05) is 19.3 Å². The first-order valence-electron chi connectivity index (χ1n) is 3.39. The Balaban J connectivity index is 2.88. The van der Waals surface area contributed by atoms with Gasteiger partial charge in [-0.2, -0.15) is 0 Å². The molecule has 0 fully saturated rings. The Kier molecular flexibility index (Phi) is 1.70. The molecule has 2 nitrogen and oxygen atoms in total. The largest absolute Gasteiger partial charge is 0.508 e. The van der Waals surface area contributed by atoms with Crippen LogP contribution in [-0.2, 0) is 0 Å². The maximum atomic E-state index is 9.24. The molecule has 0 aliphatic carbocycles. The second-order valence-electron chi connectivity index (χ2n) is 2.81. The average molecular weight is 139 g/mol. The second kappa shape index (κ2) is 2.37. The molecule has 1 heterocycles. The predicted octanol–water partition coefficient (Wildman–Crippen LogP) is 1.67. The Morgan fingerprint density at radius 2 is 2.10 bits per heavy atom. The van der Waals surface area contributed by atoms with Gasteiger partial charge in [-0.15, -0.1) is 0 Å². The van der Waals surface area contributed by atoms with Crippen LogP contribution in [0.4, 0.5) is 0 Å². The van der Waals surface area contributed by atoms with Crippen molar-refractivity contribution in [1.82, 2.24) is 4.90 Å². The maximum Gasteiger partial charge on any atom is 0.117 e. The van der Waals surface area contributed by atoms with E-state index in [0.717, 1.165) is 17.8 Å². The number of rotatable bonds is 0. The molecule has 0 radical (unpaired) electrons. The number of aliphatic hydroxyl groups is 1. The predicted molar refractivity (Wildman–Crippen MR) is 41.7 cm³/mol. The first kappa shape index (κ1) is 7.19. The molecule has 1 N–H and O–H groups in total. The van der Waals surface area contributed by atoms with Crippen molar-refractivity contribution in [3.63, 3.8) is 0 Å². The summed E-state index contributed by atoms with van der Waals surface area (Å²) in [7, 11) is 2.02. The lowest BCUT2D eigenvalue weighted by atomic mass is 10.1. The Morgan fingerprint density at radius 3 is 2.60 bits per heavy atom. The number of hydrogen-bond acceptors (Lipinski definition) is 2. The molecule has 0 bridgehead atoms. The molecule has 56 valence electrons. The third-order valence-electron chi connectivity index (χ3n) is 1.86. The lowest BCUT2D eigenvalue weighted by Crippen LogP contribution is -2.22. The molecule has 0 aromatic rings. The number of nitrogens with zero attached hydrogens (tertiary/aromatic N) is 1. The number of allylic oxidation sites excluding steroid dienone is 2. The lowest BCUT2D eigenvalue weighted by molar-refractivity contribution is 0.377. The van der Waals surface area contributed by atoms with Gasteiger partial charge in [0.1, 0.15) is 5.76 Å². The topological polar surface area (TPSA) is 23.5 Å². The highest BCUT2D eigenvalue weighted by molar-refractivity contribution is 5.26. The third-order valence-corrected chi connectivity index (χ3v) is 1.86. The number of aliphatic hydroxyl groups excluding tert-OH is 1. The van der Waals surface area contributed by atoms with Gasteiger partial charge in [-0.05, 0) is 25.5 Å². The van der Waals surface area contributed by atoms with Crippen molar-refractivity contribution in [2.24, 2.45) is 0 Å². The summed E-state index contributed by atoms with van der Waals surface area (Å²) in [5.41, 5.74) is 2.15. The molecule has 0 aromatic carbocycles. The molecule has 1 aliphatic rings. The smallest absolute Gasteiger partial charge is 0.117 e. The van der Waals surface area contributed by atoms with Crippen molar-refractivity contribution in [2.45, 2.75) is 13.8 Å². The van der Waals surface area contributed by atoms with Crippen LogP contribution in [0.15, 0.2) is 23.1 Å². The van der Waals surface area contributed by atoms with Gasteiger partial charge in [-0.25, -0.2) is 0 Å². The lowest BCUT2D eigenvalue weighted by Gasteiger charge is -2.24. The monoisotopic (exact) mass is 139 g/mol. The highest BCUT2D eigenvalue weighted by Gasteiger charge is 2.09. The second-order valence-corrected chi connectivity index (χ2v) is 2.81. The van der Waals surface area contributed by atoms with Crippen molar-refractivity contribution in [1.29, 1.82) is 0 Å². The molecule has 0 aromatic heterocycles. The Hall–Kier alpha value is -0.920. The van der Waals surface area contributed by atoms with Gasteiger partial charge in [-0.1, -0.05) is 0 Å². The van der Waals surface area contributed by atoms with Crippen LogP contribution >= 0.6 is 0 Å². The number of likely N-dealkylation sites (N-methyl/N-ethyl adjacent to an activating group) is 1. The van der Waals surface area contributed by atoms with Crippen LogP contribution in [0.5, 0.6) is 0 Å². The quantitative estimate of drug-likeness (QED) is 0.551. The fourth-order valence-corrected chi connectivity index (χ4v) is 0.993. The summed E-state index contributed by atoms with van der Waals surface area (Å²) in [4.78, 5) is 2.11. The molecule has 1 aliphatic heterocycles. The van der Waals surface area contributed by atoms with Gasteiger partial charge in [-0.3, -0.25) is 0 Å². The van der Waals surface area contributed by atoms with Crippen molar-refractivity contribution in [3.05, 3.63) is 23.1 Å². The average Bonchev–Trinajstić information content (AvgIpc) is 1.84. The fraction of sp³-hybridized carbons (Fsp3) is 0.500. The van der Waals surface area contributed by atoms with Crippen molar-refractivity contribution >= 4 is 0 Å². The Bertz CT molecular complexity index is 203. The SMILES string of the molecule is CC1=CC(O)=C(C)CN1C. The van der Waals surface area contributed by atoms with E-state index in [1.54, 1.807) is 6.08 Å². The standard InChI is InChI=1S/C8H13NO/c1-6-5-9(3)7(2)4-8(6)10/h4,10H,5H2,1-3H3. The van der Waals surface area contributed by atoms with E-state index in [1.807, 2.05) is 20.9 Å². The third kappa shape index (κ3) is 1.15. The summed E-state index contributed by atoms with van der Waals surface area (Å²) >= 11 is 0. The molecular formula is C8H13NO. The van der Waals surface area contributed by atoms with E-state index in [1.165, 1.54) is 0 Å². The van der Waals surface area contributed by atoms with Crippen LogP contribution in [0, 0.1) is 0 Å². The molecule has 0 saturated carbocycles. The molecule has 10 heavy (non-hydrogen) atoms. The van der Waals surface area contributed by atoms with Crippen LogP contribution in [-0.4, -0.2) is 23.6 Å². The van der Waals surface area contributed by atoms with Crippen molar-refractivity contribution < 1.29 is 5.11 Å². The van der Waals surface area contributed by atoms with E-state index >= 15 is 0 Å². The zero-order chi connectivity index (χ0) is 7.72. The minimum atomic E-state index is 0.426. The summed E-state index contributed by atoms with van der Waals surface area (Å²) in [6, 6.07) is 0. The fourth-order valence-electron chi connectivity index (χ4n) is 0.993. The highest BCUT2D eigenvalue weighted by atomic mass is 16.3. The highest BCUT2D eigenvalue weighted by Crippen LogP contribution is 2.15. The van der Waals surface area contributed by atoms with E-state index in [9.17, 15) is 5.11 Å². The first-order chi connectivity index (χ1) is 4.61. The molecule has 0 amide bonds. The number of hydrogen-bond donors (Lipinski definition) is 1. The van der Waals surface area contributed by atoms with Gasteiger partial charge < -0.3 is 10.0 Å². The van der Waals surface area contributed by atoms with Gasteiger partial charge in [0.05, 0.1) is 0 Å². The summed E-state index contributed by atoms with van der Waals surface area (Å²) in [6.45, 7) is 4.77. The Morgan fingerprint density at radius 1 is 1.50 bits per heavy atom. The molecule has 0 unspecified atom stereocenters. The van der Waals surface area contributed by atoms with E-state index < -0.39 is 0 Å². The van der Waals surface area contributed by atoms with Gasteiger partial charge in [0.2, 0.25) is 0 Å². The summed E-state index contributed by atoms with van der Waals surface area (Å²) in [5.74, 6) is 0.426. The van der Waals surface area contributed by atoms with Crippen LogP contribution in [0.3, 0.4) is 0 Å². The van der Waals surface area contributed by atoms with Gasteiger partial charge in [0.25, 0.3) is 0 Å². The summed E-state index contributed by atoms with van der Waals surface area (Å²) in [6.07, 6.45) is 1.79. The Labute approximate surface area is 61.5 Å². The maximum absolute atomic E-state index is 9.24. The van der Waals surface area contributed by atoms with Gasteiger partial charge in [0.15, 0.2) is 0 Å². The van der Waals surface area contributed by atoms with Crippen LogP contribution in [0.1, 0.15) is 13.8 Å². The molecule has 2 heteroatoms. The minimum absolute atomic E-state index is 0.426. The van der Waals surface area contributed by atoms with Crippen LogP contribution in [0.2, 0.25) is 0 Å². The van der Waals surface area contributed by atoms with Crippen molar-refractivity contribution in [2.75, 3.05) is 13.6 Å². The van der Waals surface area contributed by atoms with Gasteiger partial charge >= 0.3 is 0 Å². The molecular weight excluding hydrogens is 126 g/mol. The van der Waals surface area contributed by atoms with E-state index in [-0.39, 0.29) is 0 Å². The van der Waals surface area contributed by atoms with Crippen molar-refractivity contribution in [3.8, 4) is 0 Å². The van der Waals surface area contributed by atoms with Crippen LogP contribution in [0.25, 0.3) is 0 Å². The van der Waals surface area contributed by atoms with Crippen LogP contribution < -0.4 is 0 Å². The summed E-state index contributed by atoms with van der Waals surface area (Å²) in [5, 5.41) is 9.24. The first-order valence-corrected chi connectivity index (χ1v) is 3.39. The normalized spacial score (nSPS) is 19.5. The molecule has 0 spiro atoms. The minimum Gasteiger partial charge on any atom is -0.508 e. The summed E-state index contributed by atoms with van der Waals surface area (Å²) < 4.78 is 0. The molecule has 0 saturated heterocycles. The zero-order valence-corrected chi connectivity index (χ0v) is 6.68.